The van der Waals surface area contributed by atoms with Crippen molar-refractivity contribution in [3.63, 3.8) is 0 Å². The summed E-state index contributed by atoms with van der Waals surface area (Å²) in [7, 11) is -1.25. The van der Waals surface area contributed by atoms with Crippen LogP contribution >= 0.6 is 0 Å². The standard InChI is InChI=1S/C24H32N4O4S/c1-16-22(18(3)28(25-16)21-10-11-33(31,32)15-21)14-26(4)24(30)20-12-23(29)27(13-20)17(2)19-8-6-5-7-9-19/h5-9,17,20-21H,10-15H2,1-4H3/t17-,20+,21+/m0/s1. The number of carbonyl (C=O) groups excluding carboxylic acids is 2. The van der Waals surface area contributed by atoms with Crippen LogP contribution in [0.1, 0.15) is 54.4 Å². The fourth-order valence-corrected chi connectivity index (χ4v) is 6.75. The van der Waals surface area contributed by atoms with Gasteiger partial charge in [-0.1, -0.05) is 30.3 Å². The van der Waals surface area contributed by atoms with E-state index >= 15 is 0 Å². The van der Waals surface area contributed by atoms with Crippen molar-refractivity contribution in [3.8, 4) is 0 Å². The lowest BCUT2D eigenvalue weighted by Crippen LogP contribution is -2.35. The molecule has 0 N–H and O–H groups in total. The second kappa shape index (κ2) is 8.93. The van der Waals surface area contributed by atoms with Crippen LogP contribution in [0.2, 0.25) is 0 Å². The van der Waals surface area contributed by atoms with Crippen LogP contribution in [-0.2, 0) is 26.0 Å². The summed E-state index contributed by atoms with van der Waals surface area (Å²) in [6.45, 7) is 6.61. The molecule has 178 valence electrons. The average Bonchev–Trinajstić information content (AvgIpc) is 3.43. The minimum atomic E-state index is -3.01. The van der Waals surface area contributed by atoms with Gasteiger partial charge in [0.25, 0.3) is 0 Å². The van der Waals surface area contributed by atoms with Crippen LogP contribution in [0.3, 0.4) is 0 Å². The molecule has 3 atom stereocenters. The average molecular weight is 473 g/mol. The minimum Gasteiger partial charge on any atom is -0.341 e. The predicted octanol–water partition coefficient (Wildman–Crippen LogP) is 2.43. The van der Waals surface area contributed by atoms with Crippen LogP contribution in [-0.4, -0.2) is 64.9 Å². The van der Waals surface area contributed by atoms with Crippen molar-refractivity contribution in [1.29, 1.82) is 0 Å². The second-order valence-electron chi connectivity index (χ2n) is 9.38. The molecule has 0 radical (unpaired) electrons. The van der Waals surface area contributed by atoms with Crippen molar-refractivity contribution in [2.75, 3.05) is 25.1 Å². The summed E-state index contributed by atoms with van der Waals surface area (Å²) < 4.78 is 25.6. The fraction of sp³-hybridized carbons (Fsp3) is 0.542. The number of carbonyl (C=O) groups is 2. The third-order valence-electron chi connectivity index (χ3n) is 7.06. The molecule has 2 aromatic rings. The molecule has 3 heterocycles. The van der Waals surface area contributed by atoms with Crippen molar-refractivity contribution in [3.05, 3.63) is 52.8 Å². The first-order valence-corrected chi connectivity index (χ1v) is 13.2. The third-order valence-corrected chi connectivity index (χ3v) is 8.81. The Labute approximate surface area is 195 Å². The van der Waals surface area contributed by atoms with E-state index in [0.717, 1.165) is 22.5 Å². The Balaban J connectivity index is 1.44. The molecule has 0 unspecified atom stereocenters. The summed E-state index contributed by atoms with van der Waals surface area (Å²) in [5.41, 5.74) is 3.70. The number of nitrogens with zero attached hydrogens (tertiary/aromatic N) is 4. The van der Waals surface area contributed by atoms with Gasteiger partial charge in [0.2, 0.25) is 11.8 Å². The van der Waals surface area contributed by atoms with Crippen molar-refractivity contribution in [1.82, 2.24) is 19.6 Å². The van der Waals surface area contributed by atoms with Gasteiger partial charge in [0.05, 0.1) is 35.2 Å². The first kappa shape index (κ1) is 23.5. The topological polar surface area (TPSA) is 92.6 Å². The van der Waals surface area contributed by atoms with Crippen LogP contribution < -0.4 is 0 Å². The van der Waals surface area contributed by atoms with Crippen molar-refractivity contribution < 1.29 is 18.0 Å². The SMILES string of the molecule is Cc1nn([C@@H]2CCS(=O)(=O)C2)c(C)c1CN(C)C(=O)[C@@H]1CC(=O)N([C@@H](C)c2ccccc2)C1. The molecular weight excluding hydrogens is 440 g/mol. The molecule has 0 bridgehead atoms. The van der Waals surface area contributed by atoms with Gasteiger partial charge < -0.3 is 9.80 Å². The van der Waals surface area contributed by atoms with Gasteiger partial charge in [-0.15, -0.1) is 0 Å². The zero-order valence-corrected chi connectivity index (χ0v) is 20.5. The van der Waals surface area contributed by atoms with Gasteiger partial charge in [0.15, 0.2) is 9.84 Å². The number of aromatic nitrogens is 2. The Morgan fingerprint density at radius 1 is 1.24 bits per heavy atom. The maximum Gasteiger partial charge on any atom is 0.228 e. The van der Waals surface area contributed by atoms with E-state index in [1.807, 2.05) is 55.8 Å². The van der Waals surface area contributed by atoms with Crippen LogP contribution in [0, 0.1) is 19.8 Å². The summed E-state index contributed by atoms with van der Waals surface area (Å²) in [4.78, 5) is 29.4. The largest absolute Gasteiger partial charge is 0.341 e. The van der Waals surface area contributed by atoms with E-state index in [4.69, 9.17) is 0 Å². The molecule has 2 aliphatic rings. The predicted molar refractivity (Wildman–Crippen MR) is 125 cm³/mol. The number of rotatable bonds is 6. The Kier molecular flexibility index (Phi) is 6.35. The van der Waals surface area contributed by atoms with Gasteiger partial charge in [-0.2, -0.15) is 5.10 Å². The molecule has 33 heavy (non-hydrogen) atoms. The van der Waals surface area contributed by atoms with E-state index in [1.54, 1.807) is 16.8 Å². The number of hydrogen-bond acceptors (Lipinski definition) is 5. The summed E-state index contributed by atoms with van der Waals surface area (Å²) >= 11 is 0. The van der Waals surface area contributed by atoms with Crippen molar-refractivity contribution in [2.45, 2.75) is 52.2 Å². The smallest absolute Gasteiger partial charge is 0.228 e. The molecule has 1 aromatic carbocycles. The minimum absolute atomic E-state index is 0.000673. The van der Waals surface area contributed by atoms with Gasteiger partial charge in [-0.3, -0.25) is 14.3 Å². The number of benzene rings is 1. The molecule has 8 nitrogen and oxygen atoms in total. The molecule has 0 saturated carbocycles. The monoisotopic (exact) mass is 472 g/mol. The van der Waals surface area contributed by atoms with Gasteiger partial charge in [0, 0.05) is 37.8 Å². The molecule has 9 heteroatoms. The number of sulfone groups is 1. The molecule has 0 aliphatic carbocycles. The number of aryl methyl sites for hydroxylation is 1. The van der Waals surface area contributed by atoms with Crippen LogP contribution in [0.25, 0.3) is 0 Å². The van der Waals surface area contributed by atoms with Crippen LogP contribution in [0.15, 0.2) is 30.3 Å². The molecule has 2 aliphatic heterocycles. The van der Waals surface area contributed by atoms with Gasteiger partial charge in [0.1, 0.15) is 0 Å². The molecule has 1 aromatic heterocycles. The lowest BCUT2D eigenvalue weighted by Gasteiger charge is -2.26. The first-order valence-electron chi connectivity index (χ1n) is 11.4. The van der Waals surface area contributed by atoms with E-state index < -0.39 is 9.84 Å². The second-order valence-corrected chi connectivity index (χ2v) is 11.6. The first-order chi connectivity index (χ1) is 15.6. The molecule has 2 amide bonds. The molecule has 4 rings (SSSR count). The van der Waals surface area contributed by atoms with E-state index in [1.165, 1.54) is 0 Å². The van der Waals surface area contributed by atoms with Crippen molar-refractivity contribution >= 4 is 21.7 Å². The highest BCUT2D eigenvalue weighted by molar-refractivity contribution is 7.91. The quantitative estimate of drug-likeness (QED) is 0.644. The third kappa shape index (κ3) is 4.69. The highest BCUT2D eigenvalue weighted by Gasteiger charge is 2.38. The van der Waals surface area contributed by atoms with E-state index in [2.05, 4.69) is 5.10 Å². The van der Waals surface area contributed by atoms with Crippen LogP contribution in [0.4, 0.5) is 0 Å². The summed E-state index contributed by atoms with van der Waals surface area (Å²) in [5, 5.41) is 4.60. The maximum atomic E-state index is 13.2. The van der Waals surface area contributed by atoms with E-state index in [-0.39, 0.29) is 47.7 Å². The maximum absolute atomic E-state index is 13.2. The zero-order chi connectivity index (χ0) is 23.9. The van der Waals surface area contributed by atoms with E-state index in [0.29, 0.717) is 19.5 Å². The Hall–Kier alpha value is -2.68. The molecule has 2 fully saturated rings. The van der Waals surface area contributed by atoms with Gasteiger partial charge in [-0.25, -0.2) is 8.42 Å². The molecule has 2 saturated heterocycles. The molecular formula is C24H32N4O4S. The Morgan fingerprint density at radius 2 is 1.94 bits per heavy atom. The summed E-state index contributed by atoms with van der Waals surface area (Å²) in [6, 6.07) is 9.62. The summed E-state index contributed by atoms with van der Waals surface area (Å²) in [6.07, 6.45) is 0.787. The lowest BCUT2D eigenvalue weighted by molar-refractivity contribution is -0.135. The van der Waals surface area contributed by atoms with Gasteiger partial charge in [-0.05, 0) is 32.8 Å². The zero-order valence-electron chi connectivity index (χ0n) is 19.7. The molecule has 0 spiro atoms. The highest BCUT2D eigenvalue weighted by atomic mass is 32.2. The fourth-order valence-electron chi connectivity index (χ4n) is 5.06. The Bertz CT molecular complexity index is 1160. The van der Waals surface area contributed by atoms with Crippen molar-refractivity contribution in [2.24, 2.45) is 5.92 Å². The Morgan fingerprint density at radius 3 is 2.58 bits per heavy atom. The van der Waals surface area contributed by atoms with Gasteiger partial charge >= 0.3 is 0 Å². The van der Waals surface area contributed by atoms with Crippen LogP contribution in [0.5, 0.6) is 0 Å². The number of hydrogen-bond donors (Lipinski definition) is 0. The normalized spacial score (nSPS) is 23.2. The number of likely N-dealkylation sites (tertiary alicyclic amines) is 1. The number of amides is 2. The highest BCUT2D eigenvalue weighted by Crippen LogP contribution is 2.31. The summed E-state index contributed by atoms with van der Waals surface area (Å²) in [5.74, 6) is -0.119. The van der Waals surface area contributed by atoms with E-state index in [9.17, 15) is 18.0 Å². The lowest BCUT2D eigenvalue weighted by atomic mass is 10.1.